The molecule has 0 spiro atoms. The van der Waals surface area contributed by atoms with Gasteiger partial charge in [-0.1, -0.05) is 0 Å². The van der Waals surface area contributed by atoms with E-state index in [0.717, 1.165) is 31.6 Å². The zero-order valence-corrected chi connectivity index (χ0v) is 8.95. The second-order valence-electron chi connectivity index (χ2n) is 3.59. The lowest BCUT2D eigenvalue weighted by atomic mass is 10.1. The molecule has 0 aromatic carbocycles. The lowest BCUT2D eigenvalue weighted by molar-refractivity contribution is -0.125. The molecule has 1 rings (SSSR count). The summed E-state index contributed by atoms with van der Waals surface area (Å²) in [5.41, 5.74) is 5.35. The smallest absolute Gasteiger partial charge is 0.227 e. The molecule has 0 saturated heterocycles. The monoisotopic (exact) mass is 202 g/mol. The summed E-state index contributed by atoms with van der Waals surface area (Å²) < 4.78 is 0. The maximum atomic E-state index is 11.5. The summed E-state index contributed by atoms with van der Waals surface area (Å²) in [5.74, 6) is 1.27. The van der Waals surface area contributed by atoms with Gasteiger partial charge in [0, 0.05) is 13.1 Å². The van der Waals surface area contributed by atoms with Crippen molar-refractivity contribution in [1.82, 2.24) is 5.32 Å². The molecule has 3 nitrogen and oxygen atoms in total. The Morgan fingerprint density at radius 3 is 2.77 bits per heavy atom. The Labute approximate surface area is 83.8 Å². The van der Waals surface area contributed by atoms with Gasteiger partial charge in [0.15, 0.2) is 0 Å². The van der Waals surface area contributed by atoms with Crippen LogP contribution in [0.25, 0.3) is 0 Å². The average Bonchev–Trinajstić information content (AvgIpc) is 2.93. The first-order valence-corrected chi connectivity index (χ1v) is 6.12. The van der Waals surface area contributed by atoms with Gasteiger partial charge < -0.3 is 11.1 Å². The van der Waals surface area contributed by atoms with Crippen LogP contribution in [0.15, 0.2) is 0 Å². The van der Waals surface area contributed by atoms with Crippen molar-refractivity contribution in [2.45, 2.75) is 19.3 Å². The van der Waals surface area contributed by atoms with Gasteiger partial charge in [-0.3, -0.25) is 4.79 Å². The Morgan fingerprint density at radius 2 is 2.31 bits per heavy atom. The molecule has 0 heterocycles. The van der Waals surface area contributed by atoms with Crippen LogP contribution in [0.1, 0.15) is 19.3 Å². The minimum absolute atomic E-state index is 0.163. The van der Waals surface area contributed by atoms with E-state index in [1.54, 1.807) is 11.8 Å². The summed E-state index contributed by atoms with van der Waals surface area (Å²) in [7, 11) is 0. The number of nitrogens with one attached hydrogen (secondary N) is 1. The number of rotatable bonds is 6. The maximum Gasteiger partial charge on any atom is 0.227 e. The van der Waals surface area contributed by atoms with Gasteiger partial charge >= 0.3 is 0 Å². The van der Waals surface area contributed by atoms with Crippen LogP contribution in [0.5, 0.6) is 0 Å². The van der Waals surface area contributed by atoms with Crippen molar-refractivity contribution in [3.05, 3.63) is 0 Å². The van der Waals surface area contributed by atoms with Crippen LogP contribution in [0.2, 0.25) is 0 Å². The molecule has 1 aliphatic rings. The molecular formula is C9H18N2OS. The van der Waals surface area contributed by atoms with Gasteiger partial charge in [0.1, 0.15) is 0 Å². The van der Waals surface area contributed by atoms with Crippen LogP contribution in [-0.2, 0) is 4.79 Å². The first kappa shape index (κ1) is 10.9. The van der Waals surface area contributed by atoms with Gasteiger partial charge in [0.25, 0.3) is 0 Å². The van der Waals surface area contributed by atoms with Crippen LogP contribution in [0.4, 0.5) is 0 Å². The van der Waals surface area contributed by atoms with E-state index >= 15 is 0 Å². The maximum absolute atomic E-state index is 11.5. The van der Waals surface area contributed by atoms with Gasteiger partial charge in [-0.25, -0.2) is 0 Å². The number of nitrogens with two attached hydrogens (primary N) is 1. The number of carbonyl (C=O) groups excluding carboxylic acids is 1. The van der Waals surface area contributed by atoms with E-state index in [0.29, 0.717) is 6.54 Å². The normalized spacial score (nSPS) is 18.3. The lowest BCUT2D eigenvalue weighted by Crippen LogP contribution is -2.37. The average molecular weight is 202 g/mol. The van der Waals surface area contributed by atoms with Crippen molar-refractivity contribution in [2.24, 2.45) is 11.1 Å². The summed E-state index contributed by atoms with van der Waals surface area (Å²) in [6.07, 6.45) is 5.06. The Morgan fingerprint density at radius 1 is 1.62 bits per heavy atom. The lowest BCUT2D eigenvalue weighted by Gasteiger charge is -2.12. The third kappa shape index (κ3) is 2.88. The van der Waals surface area contributed by atoms with Crippen molar-refractivity contribution in [1.29, 1.82) is 0 Å². The second kappa shape index (κ2) is 4.86. The second-order valence-corrected chi connectivity index (χ2v) is 4.57. The fraction of sp³-hybridized carbons (Fsp3) is 0.889. The first-order valence-electron chi connectivity index (χ1n) is 4.72. The van der Waals surface area contributed by atoms with Crippen molar-refractivity contribution in [2.75, 3.05) is 25.1 Å². The van der Waals surface area contributed by atoms with Gasteiger partial charge in [-0.05, 0) is 31.3 Å². The molecule has 3 N–H and O–H groups in total. The largest absolute Gasteiger partial charge is 0.356 e. The minimum atomic E-state index is -0.181. The predicted molar refractivity (Wildman–Crippen MR) is 56.7 cm³/mol. The summed E-state index contributed by atoms with van der Waals surface area (Å²) >= 11 is 1.81. The molecule has 1 saturated carbocycles. The number of hydrogen-bond acceptors (Lipinski definition) is 3. The molecule has 1 aliphatic carbocycles. The molecule has 0 aliphatic heterocycles. The van der Waals surface area contributed by atoms with E-state index in [1.165, 1.54) is 0 Å². The van der Waals surface area contributed by atoms with E-state index in [1.807, 2.05) is 0 Å². The van der Waals surface area contributed by atoms with Gasteiger partial charge in [0.2, 0.25) is 5.91 Å². The van der Waals surface area contributed by atoms with Crippen LogP contribution in [0.3, 0.4) is 0 Å². The van der Waals surface area contributed by atoms with Crippen LogP contribution in [0, 0.1) is 5.41 Å². The van der Waals surface area contributed by atoms with Gasteiger partial charge in [0.05, 0.1) is 5.41 Å². The zero-order valence-electron chi connectivity index (χ0n) is 8.14. The molecule has 0 radical (unpaired) electrons. The first-order chi connectivity index (χ1) is 6.25. The molecule has 0 aromatic rings. The molecule has 0 aromatic heterocycles. The summed E-state index contributed by atoms with van der Waals surface area (Å²) in [6.45, 7) is 1.29. The van der Waals surface area contributed by atoms with Crippen LogP contribution >= 0.6 is 11.8 Å². The summed E-state index contributed by atoms with van der Waals surface area (Å²) in [4.78, 5) is 11.5. The zero-order chi connectivity index (χ0) is 9.73. The molecule has 76 valence electrons. The van der Waals surface area contributed by atoms with Crippen molar-refractivity contribution < 1.29 is 4.79 Å². The van der Waals surface area contributed by atoms with E-state index in [2.05, 4.69) is 11.6 Å². The van der Waals surface area contributed by atoms with Crippen molar-refractivity contribution >= 4 is 17.7 Å². The van der Waals surface area contributed by atoms with Gasteiger partial charge in [-0.2, -0.15) is 11.8 Å². The highest BCUT2D eigenvalue weighted by atomic mass is 32.2. The Bertz CT molecular complexity index is 180. The number of amides is 1. The number of thioether (sulfide) groups is 1. The molecule has 1 fully saturated rings. The fourth-order valence-electron chi connectivity index (χ4n) is 1.28. The third-order valence-electron chi connectivity index (χ3n) is 2.54. The van der Waals surface area contributed by atoms with E-state index in [-0.39, 0.29) is 11.3 Å². The predicted octanol–water partition coefficient (Wildman–Crippen LogP) is 0.595. The van der Waals surface area contributed by atoms with Crippen LogP contribution in [-0.4, -0.2) is 31.0 Å². The van der Waals surface area contributed by atoms with Crippen molar-refractivity contribution in [3.63, 3.8) is 0 Å². The Hall–Kier alpha value is -0.220. The molecule has 0 bridgehead atoms. The van der Waals surface area contributed by atoms with E-state index in [9.17, 15) is 4.79 Å². The minimum Gasteiger partial charge on any atom is -0.356 e. The number of carbonyl (C=O) groups is 1. The molecule has 0 atom stereocenters. The number of hydrogen-bond donors (Lipinski definition) is 2. The molecular weight excluding hydrogens is 184 g/mol. The van der Waals surface area contributed by atoms with Gasteiger partial charge in [-0.15, -0.1) is 0 Å². The van der Waals surface area contributed by atoms with E-state index < -0.39 is 0 Å². The Kier molecular flexibility index (Phi) is 4.06. The summed E-state index contributed by atoms with van der Waals surface area (Å²) in [5, 5.41) is 2.94. The standard InChI is InChI=1S/C9H18N2OS/c1-13-6-2-5-11-8(12)9(7-10)3-4-9/h2-7,10H2,1H3,(H,11,12). The highest BCUT2D eigenvalue weighted by Crippen LogP contribution is 2.44. The molecule has 1 amide bonds. The van der Waals surface area contributed by atoms with Crippen molar-refractivity contribution in [3.8, 4) is 0 Å². The fourth-order valence-corrected chi connectivity index (χ4v) is 1.71. The highest BCUT2D eigenvalue weighted by Gasteiger charge is 2.48. The molecule has 13 heavy (non-hydrogen) atoms. The third-order valence-corrected chi connectivity index (χ3v) is 3.23. The molecule has 0 unspecified atom stereocenters. The summed E-state index contributed by atoms with van der Waals surface area (Å²) in [6, 6.07) is 0. The highest BCUT2D eigenvalue weighted by molar-refractivity contribution is 7.98. The quantitative estimate of drug-likeness (QED) is 0.620. The molecule has 4 heteroatoms. The van der Waals surface area contributed by atoms with Crippen LogP contribution < -0.4 is 11.1 Å². The SMILES string of the molecule is CSCCCNC(=O)C1(CN)CC1. The Balaban J connectivity index is 2.11. The van der Waals surface area contributed by atoms with E-state index in [4.69, 9.17) is 5.73 Å². The topological polar surface area (TPSA) is 55.1 Å².